The number of nitrogens with one attached hydrogen (secondary N) is 1. The highest BCUT2D eigenvalue weighted by atomic mass is 19.3. The van der Waals surface area contributed by atoms with Crippen molar-refractivity contribution in [1.82, 2.24) is 9.97 Å². The molecule has 1 rings (SSSR count). The third kappa shape index (κ3) is 2.41. The zero-order valence-corrected chi connectivity index (χ0v) is 6.59. The maximum atomic E-state index is 11.7. The van der Waals surface area contributed by atoms with Crippen LogP contribution in [0.15, 0.2) is 12.4 Å². The second kappa shape index (κ2) is 3.94. The average molecular weight is 173 g/mol. The van der Waals surface area contributed by atoms with E-state index >= 15 is 0 Å². The first-order valence-corrected chi connectivity index (χ1v) is 3.50. The molecule has 0 aliphatic rings. The second-order valence-corrected chi connectivity index (χ2v) is 2.26. The van der Waals surface area contributed by atoms with Crippen LogP contribution in [0.25, 0.3) is 0 Å². The van der Waals surface area contributed by atoms with Crippen LogP contribution in [0.1, 0.15) is 5.69 Å². The van der Waals surface area contributed by atoms with Crippen molar-refractivity contribution in [2.75, 3.05) is 11.9 Å². The molecule has 0 aromatic carbocycles. The van der Waals surface area contributed by atoms with Crippen molar-refractivity contribution in [2.45, 2.75) is 13.3 Å². The Bertz CT molecular complexity index is 252. The first-order valence-electron chi connectivity index (χ1n) is 3.50. The molecule has 1 heterocycles. The Hall–Kier alpha value is -1.26. The molecule has 0 radical (unpaired) electrons. The summed E-state index contributed by atoms with van der Waals surface area (Å²) in [6.07, 6.45) is 0.607. The predicted octanol–water partition coefficient (Wildman–Crippen LogP) is 1.46. The van der Waals surface area contributed by atoms with Crippen molar-refractivity contribution >= 4 is 5.82 Å². The summed E-state index contributed by atoms with van der Waals surface area (Å²) in [5, 5.41) is 2.49. The van der Waals surface area contributed by atoms with Crippen molar-refractivity contribution in [3.63, 3.8) is 0 Å². The minimum Gasteiger partial charge on any atom is -0.363 e. The summed E-state index contributed by atoms with van der Waals surface area (Å²) in [6, 6.07) is 0. The molecule has 0 aliphatic carbocycles. The number of aromatic nitrogens is 2. The van der Waals surface area contributed by atoms with E-state index in [0.717, 1.165) is 0 Å². The fourth-order valence-corrected chi connectivity index (χ4v) is 0.755. The third-order valence-electron chi connectivity index (χ3n) is 1.31. The number of rotatable bonds is 3. The maximum Gasteiger partial charge on any atom is 0.255 e. The molecule has 0 aliphatic heterocycles. The summed E-state index contributed by atoms with van der Waals surface area (Å²) in [6.45, 7) is 1.32. The van der Waals surface area contributed by atoms with Gasteiger partial charge in [0.1, 0.15) is 5.82 Å². The molecule has 0 amide bonds. The molecule has 0 unspecified atom stereocenters. The topological polar surface area (TPSA) is 37.8 Å². The molecule has 1 aromatic rings. The monoisotopic (exact) mass is 173 g/mol. The molecule has 1 aromatic heterocycles. The third-order valence-corrected chi connectivity index (χ3v) is 1.31. The van der Waals surface area contributed by atoms with Crippen molar-refractivity contribution in [3.05, 3.63) is 18.1 Å². The Balaban J connectivity index is 2.57. The van der Waals surface area contributed by atoms with Crippen LogP contribution in [0.4, 0.5) is 14.6 Å². The van der Waals surface area contributed by atoms with Gasteiger partial charge in [-0.15, -0.1) is 0 Å². The van der Waals surface area contributed by atoms with Crippen LogP contribution >= 0.6 is 0 Å². The number of aryl methyl sites for hydroxylation is 1. The standard InChI is InChI=1S/C7H9F2N3/c1-5-7(11-3-2-10-5)12-4-6(8)9/h2-3,6H,4H2,1H3,(H,11,12). The van der Waals surface area contributed by atoms with Gasteiger partial charge < -0.3 is 5.32 Å². The molecule has 0 saturated heterocycles. The van der Waals surface area contributed by atoms with Gasteiger partial charge >= 0.3 is 0 Å². The molecule has 12 heavy (non-hydrogen) atoms. The van der Waals surface area contributed by atoms with Crippen LogP contribution in [0.3, 0.4) is 0 Å². The van der Waals surface area contributed by atoms with Crippen molar-refractivity contribution < 1.29 is 8.78 Å². The van der Waals surface area contributed by atoms with E-state index in [1.807, 2.05) is 0 Å². The van der Waals surface area contributed by atoms with E-state index < -0.39 is 6.43 Å². The Kier molecular flexibility index (Phi) is 2.90. The van der Waals surface area contributed by atoms with Gasteiger partial charge in [0.25, 0.3) is 6.43 Å². The van der Waals surface area contributed by atoms with Gasteiger partial charge in [0, 0.05) is 12.4 Å². The van der Waals surface area contributed by atoms with Gasteiger partial charge in [-0.25, -0.2) is 13.8 Å². The first kappa shape index (κ1) is 8.83. The Morgan fingerprint density at radius 2 is 2.08 bits per heavy atom. The van der Waals surface area contributed by atoms with Crippen LogP contribution in [0, 0.1) is 6.92 Å². The molecule has 3 nitrogen and oxygen atoms in total. The molecule has 0 atom stereocenters. The molecule has 1 N–H and O–H groups in total. The fraction of sp³-hybridized carbons (Fsp3) is 0.429. The van der Waals surface area contributed by atoms with E-state index in [1.54, 1.807) is 6.92 Å². The first-order chi connectivity index (χ1) is 5.70. The van der Waals surface area contributed by atoms with E-state index in [-0.39, 0.29) is 6.54 Å². The summed E-state index contributed by atoms with van der Waals surface area (Å²) >= 11 is 0. The van der Waals surface area contributed by atoms with Gasteiger partial charge in [0.05, 0.1) is 12.2 Å². The molecule has 0 spiro atoms. The van der Waals surface area contributed by atoms with Crippen molar-refractivity contribution in [2.24, 2.45) is 0 Å². The highest BCUT2D eigenvalue weighted by Gasteiger charge is 2.03. The van der Waals surface area contributed by atoms with E-state index in [0.29, 0.717) is 11.5 Å². The second-order valence-electron chi connectivity index (χ2n) is 2.26. The number of anilines is 1. The summed E-state index contributed by atoms with van der Waals surface area (Å²) in [7, 11) is 0. The molecular formula is C7H9F2N3. The normalized spacial score (nSPS) is 10.3. The van der Waals surface area contributed by atoms with Gasteiger partial charge in [0.15, 0.2) is 0 Å². The molecule has 66 valence electrons. The van der Waals surface area contributed by atoms with E-state index in [2.05, 4.69) is 15.3 Å². The Morgan fingerprint density at radius 1 is 1.42 bits per heavy atom. The lowest BCUT2D eigenvalue weighted by molar-refractivity contribution is 0.163. The molecule has 0 bridgehead atoms. The summed E-state index contributed by atoms with van der Waals surface area (Å²) in [5.74, 6) is 0.415. The minimum atomic E-state index is -2.37. The highest BCUT2D eigenvalue weighted by Crippen LogP contribution is 2.06. The molecule has 5 heteroatoms. The molecule has 0 fully saturated rings. The van der Waals surface area contributed by atoms with Crippen molar-refractivity contribution in [1.29, 1.82) is 0 Å². The van der Waals surface area contributed by atoms with Crippen LogP contribution in [0.5, 0.6) is 0 Å². The van der Waals surface area contributed by atoms with Crippen LogP contribution in [-0.4, -0.2) is 22.9 Å². The van der Waals surface area contributed by atoms with Gasteiger partial charge in [-0.3, -0.25) is 4.98 Å². The summed E-state index contributed by atoms with van der Waals surface area (Å²) < 4.78 is 23.5. The van der Waals surface area contributed by atoms with E-state index in [9.17, 15) is 8.78 Å². The Labute approximate surface area is 68.8 Å². The maximum absolute atomic E-state index is 11.7. The summed E-state index contributed by atoms with van der Waals surface area (Å²) in [4.78, 5) is 7.73. The number of alkyl halides is 2. The fourth-order valence-electron chi connectivity index (χ4n) is 0.755. The number of halogens is 2. The summed E-state index contributed by atoms with van der Waals surface area (Å²) in [5.41, 5.74) is 0.623. The largest absolute Gasteiger partial charge is 0.363 e. The Morgan fingerprint density at radius 3 is 2.67 bits per heavy atom. The quantitative estimate of drug-likeness (QED) is 0.751. The van der Waals surface area contributed by atoms with Crippen LogP contribution < -0.4 is 5.32 Å². The number of hydrogen-bond acceptors (Lipinski definition) is 3. The zero-order chi connectivity index (χ0) is 8.97. The molecular weight excluding hydrogens is 164 g/mol. The number of hydrogen-bond donors (Lipinski definition) is 1. The predicted molar refractivity (Wildman–Crippen MR) is 41.3 cm³/mol. The van der Waals surface area contributed by atoms with Crippen LogP contribution in [0.2, 0.25) is 0 Å². The lowest BCUT2D eigenvalue weighted by Crippen LogP contribution is -2.12. The van der Waals surface area contributed by atoms with Gasteiger partial charge in [-0.1, -0.05) is 0 Å². The van der Waals surface area contributed by atoms with Gasteiger partial charge in [-0.2, -0.15) is 0 Å². The molecule has 0 saturated carbocycles. The average Bonchev–Trinajstić information content (AvgIpc) is 2.03. The van der Waals surface area contributed by atoms with Gasteiger partial charge in [-0.05, 0) is 6.92 Å². The van der Waals surface area contributed by atoms with E-state index in [4.69, 9.17) is 0 Å². The highest BCUT2D eigenvalue weighted by molar-refractivity contribution is 5.38. The van der Waals surface area contributed by atoms with Gasteiger partial charge in [0.2, 0.25) is 0 Å². The van der Waals surface area contributed by atoms with Crippen molar-refractivity contribution in [3.8, 4) is 0 Å². The van der Waals surface area contributed by atoms with E-state index in [1.165, 1.54) is 12.4 Å². The van der Waals surface area contributed by atoms with Crippen LogP contribution in [-0.2, 0) is 0 Å². The minimum absolute atomic E-state index is 0.389. The zero-order valence-electron chi connectivity index (χ0n) is 6.59. The lowest BCUT2D eigenvalue weighted by atomic mass is 10.4. The SMILES string of the molecule is Cc1nccnc1NCC(F)F. The lowest BCUT2D eigenvalue weighted by Gasteiger charge is -2.05. The number of nitrogens with zero attached hydrogens (tertiary/aromatic N) is 2. The smallest absolute Gasteiger partial charge is 0.255 e.